The van der Waals surface area contributed by atoms with Crippen molar-refractivity contribution in [1.82, 2.24) is 4.90 Å². The zero-order chi connectivity index (χ0) is 19.6. The molecule has 2 aromatic carbocycles. The van der Waals surface area contributed by atoms with E-state index < -0.39 is 29.4 Å². The fourth-order valence-corrected chi connectivity index (χ4v) is 3.79. The normalized spacial score (nSPS) is 14.9. The van der Waals surface area contributed by atoms with Crippen LogP contribution in [0.15, 0.2) is 59.5 Å². The van der Waals surface area contributed by atoms with Crippen molar-refractivity contribution in [1.29, 1.82) is 0 Å². The van der Waals surface area contributed by atoms with Crippen LogP contribution in [0.4, 0.5) is 0 Å². The van der Waals surface area contributed by atoms with Gasteiger partial charge in [-0.3, -0.25) is 14.5 Å². The number of nitrogens with zero attached hydrogens (tertiary/aromatic N) is 1. The van der Waals surface area contributed by atoms with Crippen molar-refractivity contribution in [2.75, 3.05) is 5.75 Å². The third kappa shape index (κ3) is 4.22. The van der Waals surface area contributed by atoms with Gasteiger partial charge in [0.15, 0.2) is 0 Å². The second kappa shape index (κ2) is 7.56. The Bertz CT molecular complexity index is 838. The van der Waals surface area contributed by atoms with E-state index in [1.54, 1.807) is 45.0 Å². The van der Waals surface area contributed by atoms with Crippen molar-refractivity contribution < 1.29 is 19.1 Å². The molecule has 0 radical (unpaired) electrons. The maximum atomic E-state index is 12.8. The quantitative estimate of drug-likeness (QED) is 0.447. The summed E-state index contributed by atoms with van der Waals surface area (Å²) in [6, 6.07) is 15.1. The number of fused-ring (bicyclic) bond motifs is 1. The summed E-state index contributed by atoms with van der Waals surface area (Å²) in [6.07, 6.45) is 0. The highest BCUT2D eigenvalue weighted by atomic mass is 32.2. The molecular weight excluding hydrogens is 362 g/mol. The summed E-state index contributed by atoms with van der Waals surface area (Å²) in [7, 11) is 0. The minimum Gasteiger partial charge on any atom is -0.458 e. The number of hydrogen-bond acceptors (Lipinski definition) is 5. The molecule has 0 spiro atoms. The van der Waals surface area contributed by atoms with Crippen LogP contribution >= 0.6 is 11.8 Å². The molecule has 0 saturated heterocycles. The van der Waals surface area contributed by atoms with E-state index >= 15 is 0 Å². The molecule has 0 aliphatic carbocycles. The van der Waals surface area contributed by atoms with Gasteiger partial charge in [-0.1, -0.05) is 30.3 Å². The van der Waals surface area contributed by atoms with Gasteiger partial charge in [0, 0.05) is 10.6 Å². The van der Waals surface area contributed by atoms with Gasteiger partial charge in [0.25, 0.3) is 11.8 Å². The van der Waals surface area contributed by atoms with Crippen LogP contribution in [0.25, 0.3) is 0 Å². The van der Waals surface area contributed by atoms with Crippen LogP contribution in [0.1, 0.15) is 41.5 Å². The van der Waals surface area contributed by atoms with Gasteiger partial charge in [-0.15, -0.1) is 11.8 Å². The Morgan fingerprint density at radius 3 is 2.00 bits per heavy atom. The van der Waals surface area contributed by atoms with Gasteiger partial charge in [-0.05, 0) is 45.0 Å². The average Bonchev–Trinajstić information content (AvgIpc) is 2.87. The minimum atomic E-state index is -0.998. The smallest absolute Gasteiger partial charge is 0.330 e. The minimum absolute atomic E-state index is 0.227. The average molecular weight is 383 g/mol. The lowest BCUT2D eigenvalue weighted by molar-refractivity contribution is -0.158. The van der Waals surface area contributed by atoms with Crippen LogP contribution in [0.2, 0.25) is 0 Å². The monoisotopic (exact) mass is 383 g/mol. The number of thioether (sulfide) groups is 1. The van der Waals surface area contributed by atoms with Crippen LogP contribution in [0.3, 0.4) is 0 Å². The number of hydrogen-bond donors (Lipinski definition) is 0. The molecular formula is C21H21NO4S. The van der Waals surface area contributed by atoms with Crippen molar-refractivity contribution in [3.63, 3.8) is 0 Å². The predicted octanol–water partition coefficient (Wildman–Crippen LogP) is 3.79. The summed E-state index contributed by atoms with van der Waals surface area (Å²) >= 11 is 1.41. The fourth-order valence-electron chi connectivity index (χ4n) is 2.80. The highest BCUT2D eigenvalue weighted by Crippen LogP contribution is 2.29. The first kappa shape index (κ1) is 19.2. The Balaban J connectivity index is 1.89. The van der Waals surface area contributed by atoms with Gasteiger partial charge in [-0.2, -0.15) is 0 Å². The second-order valence-electron chi connectivity index (χ2n) is 7.20. The van der Waals surface area contributed by atoms with Crippen LogP contribution in [0, 0.1) is 0 Å². The van der Waals surface area contributed by atoms with E-state index in [1.165, 1.54) is 11.8 Å². The maximum Gasteiger partial charge on any atom is 0.330 e. The lowest BCUT2D eigenvalue weighted by atomic mass is 10.1. The third-order valence-electron chi connectivity index (χ3n) is 3.97. The van der Waals surface area contributed by atoms with Crippen LogP contribution in [-0.4, -0.2) is 40.1 Å². The third-order valence-corrected chi connectivity index (χ3v) is 5.05. The Hall–Kier alpha value is -2.60. The number of rotatable bonds is 5. The second-order valence-corrected chi connectivity index (χ2v) is 8.29. The van der Waals surface area contributed by atoms with Crippen molar-refractivity contribution in [3.8, 4) is 0 Å². The number of carbonyl (C=O) groups excluding carboxylic acids is 3. The molecule has 2 amide bonds. The summed E-state index contributed by atoms with van der Waals surface area (Å²) < 4.78 is 5.50. The molecule has 0 N–H and O–H groups in total. The Morgan fingerprint density at radius 1 is 0.963 bits per heavy atom. The SMILES string of the molecule is CC(C)(C)OC(=O)[C@H](CSc1ccccc1)N1C(=O)c2ccccc2C1=O. The van der Waals surface area contributed by atoms with Crippen LogP contribution in [0.5, 0.6) is 0 Å². The fraction of sp³-hybridized carbons (Fsp3) is 0.286. The van der Waals surface area contributed by atoms with Crippen LogP contribution in [-0.2, 0) is 9.53 Å². The lowest BCUT2D eigenvalue weighted by Gasteiger charge is -2.28. The summed E-state index contributed by atoms with van der Waals surface area (Å²) in [5.41, 5.74) is -0.0765. The number of carbonyl (C=O) groups is 3. The molecule has 6 heteroatoms. The maximum absolute atomic E-state index is 12.8. The molecule has 27 heavy (non-hydrogen) atoms. The number of imide groups is 1. The number of benzene rings is 2. The van der Waals surface area contributed by atoms with E-state index in [1.807, 2.05) is 30.3 Å². The molecule has 0 saturated carbocycles. The molecule has 1 aliphatic rings. The zero-order valence-electron chi connectivity index (χ0n) is 15.5. The summed E-state index contributed by atoms with van der Waals surface area (Å²) in [5, 5.41) is 0. The molecule has 1 aliphatic heterocycles. The van der Waals surface area contributed by atoms with Gasteiger partial charge in [0.2, 0.25) is 0 Å². The van der Waals surface area contributed by atoms with Gasteiger partial charge in [0.05, 0.1) is 11.1 Å². The molecule has 1 heterocycles. The molecule has 0 aromatic heterocycles. The van der Waals surface area contributed by atoms with Crippen molar-refractivity contribution in [2.45, 2.75) is 37.3 Å². The Kier molecular flexibility index (Phi) is 5.37. The highest BCUT2D eigenvalue weighted by Gasteiger charge is 2.44. The summed E-state index contributed by atoms with van der Waals surface area (Å²) in [6.45, 7) is 5.28. The Labute approximate surface area is 162 Å². The molecule has 140 valence electrons. The van der Waals surface area contributed by atoms with E-state index in [-0.39, 0.29) is 5.75 Å². The topological polar surface area (TPSA) is 63.7 Å². The first-order chi connectivity index (χ1) is 12.8. The molecule has 0 fully saturated rings. The first-order valence-corrected chi connectivity index (χ1v) is 9.64. The van der Waals surface area contributed by atoms with E-state index in [0.717, 1.165) is 9.80 Å². The first-order valence-electron chi connectivity index (χ1n) is 8.65. The molecule has 5 nitrogen and oxygen atoms in total. The Morgan fingerprint density at radius 2 is 1.48 bits per heavy atom. The number of ether oxygens (including phenoxy) is 1. The van der Waals surface area contributed by atoms with E-state index in [2.05, 4.69) is 0 Å². The summed E-state index contributed by atoms with van der Waals surface area (Å²) in [4.78, 5) is 40.4. The number of esters is 1. The van der Waals surface area contributed by atoms with E-state index in [0.29, 0.717) is 11.1 Å². The lowest BCUT2D eigenvalue weighted by Crippen LogP contribution is -2.48. The molecule has 2 aromatic rings. The molecule has 0 unspecified atom stereocenters. The predicted molar refractivity (Wildman–Crippen MR) is 104 cm³/mol. The molecule has 0 bridgehead atoms. The van der Waals surface area contributed by atoms with Gasteiger partial charge in [-0.25, -0.2) is 4.79 Å². The zero-order valence-corrected chi connectivity index (χ0v) is 16.3. The van der Waals surface area contributed by atoms with Gasteiger partial charge >= 0.3 is 5.97 Å². The molecule has 1 atom stereocenters. The number of amides is 2. The van der Waals surface area contributed by atoms with Crippen molar-refractivity contribution >= 4 is 29.5 Å². The summed E-state index contributed by atoms with van der Waals surface area (Å²) in [5.74, 6) is -1.27. The van der Waals surface area contributed by atoms with E-state index in [9.17, 15) is 14.4 Å². The highest BCUT2D eigenvalue weighted by molar-refractivity contribution is 7.99. The van der Waals surface area contributed by atoms with Crippen molar-refractivity contribution in [3.05, 3.63) is 65.7 Å². The standard InChI is InChI=1S/C21H21NO4S/c1-21(2,3)26-20(25)17(13-27-14-9-5-4-6-10-14)22-18(23)15-11-7-8-12-16(15)19(22)24/h4-12,17H,13H2,1-3H3/t17-/m0/s1. The van der Waals surface area contributed by atoms with Gasteiger partial charge in [0.1, 0.15) is 11.6 Å². The van der Waals surface area contributed by atoms with Crippen molar-refractivity contribution in [2.24, 2.45) is 0 Å². The van der Waals surface area contributed by atoms with Gasteiger partial charge < -0.3 is 4.74 Å². The van der Waals surface area contributed by atoms with E-state index in [4.69, 9.17) is 4.74 Å². The molecule has 3 rings (SSSR count). The van der Waals surface area contributed by atoms with Crippen LogP contribution < -0.4 is 0 Å². The largest absolute Gasteiger partial charge is 0.458 e.